The maximum Gasteiger partial charge on any atom is 0.0712 e. The fourth-order valence-electron chi connectivity index (χ4n) is 0. The normalized spacial score (nSPS) is 6.00. The van der Waals surface area contributed by atoms with E-state index in [2.05, 4.69) is 9.78 Å². The zero-order valence-electron chi connectivity index (χ0n) is 3.52. The lowest BCUT2D eigenvalue weighted by Crippen LogP contribution is -1.72. The maximum absolute atomic E-state index is 4.04. The molecule has 0 aliphatic carbocycles. The van der Waals surface area contributed by atoms with Crippen LogP contribution in [0.15, 0.2) is 0 Å². The third-order valence-corrected chi connectivity index (χ3v) is 0.167. The first-order valence-corrected chi connectivity index (χ1v) is 0.983. The van der Waals surface area contributed by atoms with E-state index < -0.39 is 0 Å². The highest BCUT2D eigenvalue weighted by molar-refractivity contribution is 3.47. The quantitative estimate of drug-likeness (QED) is 0.364. The molecule has 3 nitrogen and oxygen atoms in total. The van der Waals surface area contributed by atoms with E-state index in [1.165, 1.54) is 14.2 Å². The lowest BCUT2D eigenvalue weighted by atomic mass is 11.7. The van der Waals surface area contributed by atoms with Crippen molar-refractivity contribution in [2.75, 3.05) is 14.2 Å². The van der Waals surface area contributed by atoms with Crippen LogP contribution in [-0.4, -0.2) is 14.2 Å². The molecule has 0 rings (SSSR count). The minimum Gasteiger partial charge on any atom is -0.344 e. The smallest absolute Gasteiger partial charge is 0.0712 e. The van der Waals surface area contributed by atoms with Crippen LogP contribution in [0.25, 0.3) is 0 Å². The van der Waals surface area contributed by atoms with Gasteiger partial charge in [0.05, 0.1) is 14.2 Å². The fraction of sp³-hybridized carbons (Fsp3) is 1.00. The van der Waals surface area contributed by atoms with Crippen LogP contribution >= 0.6 is 0 Å². The van der Waals surface area contributed by atoms with Gasteiger partial charge in [-0.3, -0.25) is 0 Å². The zero-order chi connectivity index (χ0) is 3.41. The van der Waals surface area contributed by atoms with Gasteiger partial charge in [0, 0.05) is 0 Å². The van der Waals surface area contributed by atoms with Crippen LogP contribution in [0.4, 0.5) is 0 Å². The fourth-order valence-corrected chi connectivity index (χ4v) is 0. The molecule has 0 bridgehead atoms. The van der Waals surface area contributed by atoms with Crippen molar-refractivity contribution in [3.05, 3.63) is 0 Å². The van der Waals surface area contributed by atoms with E-state index in [1.54, 1.807) is 0 Å². The lowest BCUT2D eigenvalue weighted by Gasteiger charge is -1.78. The lowest BCUT2D eigenvalue weighted by molar-refractivity contribution is -0.248. The van der Waals surface area contributed by atoms with E-state index in [4.69, 9.17) is 0 Å². The maximum atomic E-state index is 4.04. The summed E-state index contributed by atoms with van der Waals surface area (Å²) >= 11 is 0. The van der Waals surface area contributed by atoms with Gasteiger partial charge in [0.15, 0.2) is 0 Å². The molecule has 34 valence electrons. The molecule has 0 aromatic rings. The summed E-state index contributed by atoms with van der Waals surface area (Å²) in [5, 5.41) is 0. The molecule has 0 saturated carbocycles. The Bertz CT molecular complexity index is 9.61. The molecule has 0 amide bonds. The van der Waals surface area contributed by atoms with Crippen molar-refractivity contribution in [2.45, 2.75) is 0 Å². The molecule has 0 spiro atoms. The van der Waals surface area contributed by atoms with Crippen LogP contribution in [0.5, 0.6) is 0 Å². The van der Waals surface area contributed by atoms with Gasteiger partial charge in [0.2, 0.25) is 0 Å². The molecule has 0 aliphatic rings. The molecule has 5 heavy (non-hydrogen) atoms. The largest absolute Gasteiger partial charge is 0.344 e. The van der Waals surface area contributed by atoms with Crippen LogP contribution < -0.4 is 6.15 Å². The second-order valence-corrected chi connectivity index (χ2v) is 0.333. The number of hydrogen-bond donors (Lipinski definition) is 1. The van der Waals surface area contributed by atoms with Crippen molar-refractivity contribution in [3.8, 4) is 0 Å². The predicted octanol–water partition coefficient (Wildman–Crippen LogP) is 0.356. The molecular formula is C2H9NO2. The minimum atomic E-state index is 0. The van der Waals surface area contributed by atoms with Gasteiger partial charge in [-0.1, -0.05) is 0 Å². The van der Waals surface area contributed by atoms with Crippen molar-refractivity contribution in [3.63, 3.8) is 0 Å². The highest BCUT2D eigenvalue weighted by Gasteiger charge is 1.47. The van der Waals surface area contributed by atoms with Gasteiger partial charge in [0.25, 0.3) is 0 Å². The summed E-state index contributed by atoms with van der Waals surface area (Å²) in [5.41, 5.74) is 0. The Balaban J connectivity index is 0. The van der Waals surface area contributed by atoms with E-state index >= 15 is 0 Å². The molecule has 3 heteroatoms. The third kappa shape index (κ3) is 17.7. The molecule has 0 aromatic heterocycles. The monoisotopic (exact) mass is 79.1 g/mol. The Morgan fingerprint density at radius 1 is 1.00 bits per heavy atom. The summed E-state index contributed by atoms with van der Waals surface area (Å²) in [4.78, 5) is 8.08. The Kier molecular flexibility index (Phi) is 16.1. The summed E-state index contributed by atoms with van der Waals surface area (Å²) in [5.74, 6) is 0. The molecule has 0 radical (unpaired) electrons. The molecule has 0 aromatic carbocycles. The van der Waals surface area contributed by atoms with Crippen molar-refractivity contribution < 1.29 is 9.78 Å². The van der Waals surface area contributed by atoms with Crippen molar-refractivity contribution >= 4 is 0 Å². The van der Waals surface area contributed by atoms with Gasteiger partial charge >= 0.3 is 0 Å². The first-order chi connectivity index (χ1) is 1.91. The first-order valence-electron chi connectivity index (χ1n) is 0.983. The molecule has 0 fully saturated rings. The van der Waals surface area contributed by atoms with Crippen molar-refractivity contribution in [2.24, 2.45) is 0 Å². The van der Waals surface area contributed by atoms with Gasteiger partial charge in [-0.2, -0.15) is 0 Å². The SMILES string of the molecule is COOC.N. The minimum absolute atomic E-state index is 0. The summed E-state index contributed by atoms with van der Waals surface area (Å²) in [6, 6.07) is 0. The Labute approximate surface area is 31.4 Å². The molecule has 0 atom stereocenters. The van der Waals surface area contributed by atoms with Gasteiger partial charge in [-0.15, -0.1) is 0 Å². The van der Waals surface area contributed by atoms with Gasteiger partial charge in [-0.05, 0) is 0 Å². The summed E-state index contributed by atoms with van der Waals surface area (Å²) in [7, 11) is 2.92. The number of rotatable bonds is 1. The highest BCUT2D eigenvalue weighted by atomic mass is 17.2. The van der Waals surface area contributed by atoms with Crippen LogP contribution in [0.3, 0.4) is 0 Å². The third-order valence-electron chi connectivity index (χ3n) is 0.167. The van der Waals surface area contributed by atoms with Gasteiger partial charge in [0.1, 0.15) is 0 Å². The van der Waals surface area contributed by atoms with E-state index in [0.29, 0.717) is 0 Å². The molecule has 3 N–H and O–H groups in total. The number of hydrogen-bond acceptors (Lipinski definition) is 3. The first kappa shape index (κ1) is 8.86. The van der Waals surface area contributed by atoms with E-state index in [1.807, 2.05) is 0 Å². The second-order valence-electron chi connectivity index (χ2n) is 0.333. The van der Waals surface area contributed by atoms with Crippen LogP contribution in [0, 0.1) is 0 Å². The molecular weight excluding hydrogens is 70.0 g/mol. The topological polar surface area (TPSA) is 53.5 Å². The second kappa shape index (κ2) is 9.11. The Morgan fingerprint density at radius 3 is 1.20 bits per heavy atom. The van der Waals surface area contributed by atoms with Gasteiger partial charge < -0.3 is 6.15 Å². The Hall–Kier alpha value is -0.120. The predicted molar refractivity (Wildman–Crippen MR) is 19.0 cm³/mol. The van der Waals surface area contributed by atoms with E-state index in [0.717, 1.165) is 0 Å². The molecule has 0 aliphatic heterocycles. The summed E-state index contributed by atoms with van der Waals surface area (Å²) < 4.78 is 0. The zero-order valence-corrected chi connectivity index (χ0v) is 3.52. The Morgan fingerprint density at radius 2 is 1.20 bits per heavy atom. The summed E-state index contributed by atoms with van der Waals surface area (Å²) in [6.45, 7) is 0. The van der Waals surface area contributed by atoms with Crippen molar-refractivity contribution in [1.29, 1.82) is 0 Å². The van der Waals surface area contributed by atoms with Crippen LogP contribution in [0.2, 0.25) is 0 Å². The molecule has 0 saturated heterocycles. The average Bonchev–Trinajstić information content (AvgIpc) is 1.37. The van der Waals surface area contributed by atoms with Crippen LogP contribution in [-0.2, 0) is 9.78 Å². The molecule has 0 heterocycles. The molecule has 0 unspecified atom stereocenters. The average molecular weight is 79.1 g/mol. The van der Waals surface area contributed by atoms with Gasteiger partial charge in [-0.25, -0.2) is 9.78 Å². The standard InChI is InChI=1S/C2H6O2.H3N/c1-3-4-2;/h1-2H3;1H3. The van der Waals surface area contributed by atoms with Crippen LogP contribution in [0.1, 0.15) is 0 Å². The van der Waals surface area contributed by atoms with E-state index in [-0.39, 0.29) is 6.15 Å². The van der Waals surface area contributed by atoms with Crippen molar-refractivity contribution in [1.82, 2.24) is 6.15 Å². The summed E-state index contributed by atoms with van der Waals surface area (Å²) in [6.07, 6.45) is 0. The van der Waals surface area contributed by atoms with E-state index in [9.17, 15) is 0 Å². The highest BCUT2D eigenvalue weighted by Crippen LogP contribution is 1.52.